The van der Waals surface area contributed by atoms with Gasteiger partial charge >= 0.3 is 0 Å². The number of fused-ring (bicyclic) bond motifs is 1. The lowest BCUT2D eigenvalue weighted by atomic mass is 10.3. The van der Waals surface area contributed by atoms with Crippen molar-refractivity contribution in [3.63, 3.8) is 0 Å². The zero-order valence-corrected chi connectivity index (χ0v) is 11.6. The molecule has 2 aromatic heterocycles. The number of aryl methyl sites for hydroxylation is 1. The Kier molecular flexibility index (Phi) is 2.80. The van der Waals surface area contributed by atoms with Gasteiger partial charge in [0.15, 0.2) is 5.82 Å². The van der Waals surface area contributed by atoms with Crippen LogP contribution in [0.25, 0.3) is 0 Å². The third-order valence-electron chi connectivity index (χ3n) is 4.00. The maximum atomic E-state index is 5.30. The summed E-state index contributed by atoms with van der Waals surface area (Å²) in [4.78, 5) is 6.78. The molecule has 106 valence electrons. The van der Waals surface area contributed by atoms with E-state index in [1.54, 1.807) is 0 Å². The molecule has 1 aliphatic carbocycles. The van der Waals surface area contributed by atoms with E-state index >= 15 is 0 Å². The molecule has 0 bridgehead atoms. The number of hydrogen-bond donors (Lipinski definition) is 0. The molecule has 0 atom stereocenters. The average molecular weight is 274 g/mol. The molecule has 0 radical (unpaired) electrons. The molecule has 0 spiro atoms. The highest BCUT2D eigenvalue weighted by atomic mass is 16.5. The van der Waals surface area contributed by atoms with Gasteiger partial charge in [-0.15, -0.1) is 10.2 Å². The minimum atomic E-state index is 0.521. The molecule has 7 nitrogen and oxygen atoms in total. The van der Waals surface area contributed by atoms with Gasteiger partial charge in [0.05, 0.1) is 13.1 Å². The lowest BCUT2D eigenvalue weighted by Gasteiger charge is -2.26. The molecule has 0 saturated heterocycles. The Morgan fingerprint density at radius 3 is 2.95 bits per heavy atom. The Morgan fingerprint density at radius 1 is 1.25 bits per heavy atom. The largest absolute Gasteiger partial charge is 0.339 e. The van der Waals surface area contributed by atoms with Crippen LogP contribution in [0.15, 0.2) is 4.52 Å². The van der Waals surface area contributed by atoms with E-state index in [2.05, 4.69) is 36.7 Å². The van der Waals surface area contributed by atoms with E-state index in [1.807, 2.05) is 0 Å². The molecular weight excluding hydrogens is 256 g/mol. The van der Waals surface area contributed by atoms with Crippen molar-refractivity contribution in [1.29, 1.82) is 0 Å². The normalized spacial score (nSPS) is 19.2. The standard InChI is InChI=1S/C13H18N6O/c1-2-11-15-16-12-8-18(5-6-19(11)12)7-10-14-13(20-17-10)9-3-4-9/h9H,2-8H2,1H3. The highest BCUT2D eigenvalue weighted by Crippen LogP contribution is 2.38. The van der Waals surface area contributed by atoms with Gasteiger partial charge in [0.25, 0.3) is 0 Å². The van der Waals surface area contributed by atoms with E-state index in [0.29, 0.717) is 5.92 Å². The summed E-state index contributed by atoms with van der Waals surface area (Å²) in [5.74, 6) is 4.24. The summed E-state index contributed by atoms with van der Waals surface area (Å²) in [6, 6.07) is 0. The minimum Gasteiger partial charge on any atom is -0.339 e. The lowest BCUT2D eigenvalue weighted by molar-refractivity contribution is 0.200. The van der Waals surface area contributed by atoms with Crippen LogP contribution in [-0.4, -0.2) is 36.3 Å². The zero-order valence-electron chi connectivity index (χ0n) is 11.6. The first-order valence-electron chi connectivity index (χ1n) is 7.29. The van der Waals surface area contributed by atoms with E-state index in [0.717, 1.165) is 56.0 Å². The van der Waals surface area contributed by atoms with E-state index in [-0.39, 0.29) is 0 Å². The van der Waals surface area contributed by atoms with Crippen LogP contribution in [-0.2, 0) is 26.1 Å². The molecule has 7 heteroatoms. The van der Waals surface area contributed by atoms with Crippen LogP contribution in [0.2, 0.25) is 0 Å². The molecule has 1 fully saturated rings. The molecule has 0 amide bonds. The Labute approximate surface area is 117 Å². The van der Waals surface area contributed by atoms with E-state index in [9.17, 15) is 0 Å². The first-order valence-corrected chi connectivity index (χ1v) is 7.29. The number of aromatic nitrogens is 5. The predicted octanol–water partition coefficient (Wildman–Crippen LogP) is 1.12. The van der Waals surface area contributed by atoms with Gasteiger partial charge in [0.1, 0.15) is 11.6 Å². The fourth-order valence-electron chi connectivity index (χ4n) is 2.69. The molecule has 0 aromatic carbocycles. The van der Waals surface area contributed by atoms with Gasteiger partial charge in [-0.2, -0.15) is 4.98 Å². The van der Waals surface area contributed by atoms with E-state index < -0.39 is 0 Å². The summed E-state index contributed by atoms with van der Waals surface area (Å²) < 4.78 is 7.52. The summed E-state index contributed by atoms with van der Waals surface area (Å²) >= 11 is 0. The Morgan fingerprint density at radius 2 is 2.15 bits per heavy atom. The molecule has 0 N–H and O–H groups in total. The van der Waals surface area contributed by atoms with Crippen LogP contribution in [0, 0.1) is 0 Å². The monoisotopic (exact) mass is 274 g/mol. The molecule has 20 heavy (non-hydrogen) atoms. The molecule has 2 aliphatic rings. The first kappa shape index (κ1) is 12.0. The average Bonchev–Trinajstić information content (AvgIpc) is 3.08. The van der Waals surface area contributed by atoms with Crippen molar-refractivity contribution in [2.24, 2.45) is 0 Å². The van der Waals surface area contributed by atoms with Gasteiger partial charge in [-0.1, -0.05) is 12.1 Å². The predicted molar refractivity (Wildman–Crippen MR) is 69.8 cm³/mol. The summed E-state index contributed by atoms with van der Waals surface area (Å²) in [5, 5.41) is 12.6. The van der Waals surface area contributed by atoms with Gasteiger partial charge in [0, 0.05) is 25.4 Å². The van der Waals surface area contributed by atoms with Gasteiger partial charge in [0.2, 0.25) is 5.89 Å². The van der Waals surface area contributed by atoms with Crippen LogP contribution >= 0.6 is 0 Å². The number of hydrogen-bond acceptors (Lipinski definition) is 6. The second-order valence-corrected chi connectivity index (χ2v) is 5.57. The Hall–Kier alpha value is -1.76. The van der Waals surface area contributed by atoms with Crippen molar-refractivity contribution in [2.45, 2.75) is 51.7 Å². The third-order valence-corrected chi connectivity index (χ3v) is 4.00. The zero-order chi connectivity index (χ0) is 13.5. The Bertz CT molecular complexity index is 614. The van der Waals surface area contributed by atoms with Crippen molar-refractivity contribution in [1.82, 2.24) is 29.8 Å². The van der Waals surface area contributed by atoms with Gasteiger partial charge in [-0.3, -0.25) is 4.90 Å². The van der Waals surface area contributed by atoms with Crippen LogP contribution in [0.5, 0.6) is 0 Å². The Balaban J connectivity index is 1.44. The summed E-state index contributed by atoms with van der Waals surface area (Å²) in [7, 11) is 0. The van der Waals surface area contributed by atoms with Gasteiger partial charge < -0.3 is 9.09 Å². The summed E-state index contributed by atoms with van der Waals surface area (Å²) in [6.45, 7) is 5.57. The van der Waals surface area contributed by atoms with Crippen molar-refractivity contribution < 1.29 is 4.52 Å². The van der Waals surface area contributed by atoms with E-state index in [1.165, 1.54) is 12.8 Å². The second-order valence-electron chi connectivity index (χ2n) is 5.57. The van der Waals surface area contributed by atoms with E-state index in [4.69, 9.17) is 4.52 Å². The molecule has 2 aromatic rings. The van der Waals surface area contributed by atoms with Crippen LogP contribution in [0.1, 0.15) is 49.0 Å². The van der Waals surface area contributed by atoms with Gasteiger partial charge in [-0.05, 0) is 12.8 Å². The van der Waals surface area contributed by atoms with Crippen LogP contribution in [0.4, 0.5) is 0 Å². The minimum absolute atomic E-state index is 0.521. The van der Waals surface area contributed by atoms with Crippen LogP contribution < -0.4 is 0 Å². The number of nitrogens with zero attached hydrogens (tertiary/aromatic N) is 6. The fourth-order valence-corrected chi connectivity index (χ4v) is 2.69. The van der Waals surface area contributed by atoms with Crippen molar-refractivity contribution in [3.05, 3.63) is 23.4 Å². The first-order chi connectivity index (χ1) is 9.83. The summed E-state index contributed by atoms with van der Waals surface area (Å²) in [6.07, 6.45) is 3.31. The topological polar surface area (TPSA) is 72.9 Å². The fraction of sp³-hybridized carbons (Fsp3) is 0.692. The highest BCUT2D eigenvalue weighted by Gasteiger charge is 2.30. The smallest absolute Gasteiger partial charge is 0.229 e. The molecular formula is C13H18N6O. The highest BCUT2D eigenvalue weighted by molar-refractivity contribution is 5.03. The quantitative estimate of drug-likeness (QED) is 0.831. The van der Waals surface area contributed by atoms with Crippen molar-refractivity contribution in [3.8, 4) is 0 Å². The van der Waals surface area contributed by atoms with Crippen molar-refractivity contribution >= 4 is 0 Å². The maximum absolute atomic E-state index is 5.30. The number of rotatable bonds is 4. The van der Waals surface area contributed by atoms with Gasteiger partial charge in [-0.25, -0.2) is 0 Å². The summed E-state index contributed by atoms with van der Waals surface area (Å²) in [5.41, 5.74) is 0. The van der Waals surface area contributed by atoms with Crippen LogP contribution in [0.3, 0.4) is 0 Å². The molecule has 4 rings (SSSR count). The lowest BCUT2D eigenvalue weighted by Crippen LogP contribution is -2.34. The molecule has 0 unspecified atom stereocenters. The molecule has 1 aliphatic heterocycles. The third kappa shape index (κ3) is 2.11. The van der Waals surface area contributed by atoms with Crippen molar-refractivity contribution in [2.75, 3.05) is 6.54 Å². The SMILES string of the molecule is CCc1nnc2n1CCN(Cc1noc(C3CC3)n1)C2. The second kappa shape index (κ2) is 4.66. The molecule has 1 saturated carbocycles. The molecule has 3 heterocycles. The maximum Gasteiger partial charge on any atom is 0.229 e.